The highest BCUT2D eigenvalue weighted by Crippen LogP contribution is 2.17. The highest BCUT2D eigenvalue weighted by molar-refractivity contribution is 7.85. The molecule has 10 nitrogen and oxygen atoms in total. The molecule has 0 heterocycles. The largest absolute Gasteiger partial charge is 0.748 e. The molecule has 168 valence electrons. The molecule has 0 aromatic heterocycles. The van der Waals surface area contributed by atoms with Crippen LogP contribution in [-0.4, -0.2) is 49.8 Å². The number of para-hydroxylation sites is 1. The maximum atomic E-state index is 10.9. The Labute approximate surface area is 181 Å². The summed E-state index contributed by atoms with van der Waals surface area (Å²) in [5.41, 5.74) is 1.17. The van der Waals surface area contributed by atoms with Crippen molar-refractivity contribution in [2.75, 3.05) is 23.1 Å². The first-order valence-electron chi connectivity index (χ1n) is 9.36. The van der Waals surface area contributed by atoms with Crippen LogP contribution in [-0.2, 0) is 20.2 Å². The van der Waals surface area contributed by atoms with Gasteiger partial charge in [0.05, 0.1) is 31.6 Å². The van der Waals surface area contributed by atoms with Crippen LogP contribution in [0.2, 0.25) is 0 Å². The molecule has 0 atom stereocenters. The zero-order valence-corrected chi connectivity index (χ0v) is 18.2. The Hall–Kier alpha value is -2.67. The first-order valence-corrected chi connectivity index (χ1v) is 12.5. The molecule has 0 fully saturated rings. The quantitative estimate of drug-likeness (QED) is 0.162. The molecule has 0 amide bonds. The van der Waals surface area contributed by atoms with Crippen LogP contribution < -0.4 is 5.01 Å². The highest BCUT2D eigenvalue weighted by atomic mass is 32.2. The van der Waals surface area contributed by atoms with Gasteiger partial charge in [0.1, 0.15) is 0 Å². The Morgan fingerprint density at radius 1 is 0.806 bits per heavy atom. The molecule has 0 aliphatic heterocycles. The van der Waals surface area contributed by atoms with Crippen LogP contribution in [0.1, 0.15) is 19.3 Å². The Bertz CT molecular complexity index is 1090. The van der Waals surface area contributed by atoms with Crippen molar-refractivity contribution in [3.8, 4) is 0 Å². The van der Waals surface area contributed by atoms with Gasteiger partial charge >= 0.3 is 0 Å². The molecule has 0 N–H and O–H groups in total. The number of azo groups is 1. The van der Waals surface area contributed by atoms with E-state index in [1.54, 1.807) is 54.6 Å². The molecule has 31 heavy (non-hydrogen) atoms. The van der Waals surface area contributed by atoms with Crippen LogP contribution in [0.3, 0.4) is 0 Å². The summed E-state index contributed by atoms with van der Waals surface area (Å²) in [6, 6.07) is 17.6. The average molecular weight is 467 g/mol. The van der Waals surface area contributed by atoms with Gasteiger partial charge in [0.2, 0.25) is 0 Å². The van der Waals surface area contributed by atoms with E-state index in [0.717, 1.165) is 0 Å². The van der Waals surface area contributed by atoms with E-state index in [1.807, 2.05) is 6.07 Å². The molecule has 2 aromatic rings. The Morgan fingerprint density at radius 3 is 1.94 bits per heavy atom. The van der Waals surface area contributed by atoms with Gasteiger partial charge < -0.3 is 9.11 Å². The van der Waals surface area contributed by atoms with Gasteiger partial charge in [0, 0.05) is 24.5 Å². The van der Waals surface area contributed by atoms with Gasteiger partial charge in [-0.3, -0.25) is 5.01 Å². The third-order valence-corrected chi connectivity index (χ3v) is 5.46. The second-order valence-electron chi connectivity index (χ2n) is 6.49. The van der Waals surface area contributed by atoms with E-state index in [0.29, 0.717) is 11.4 Å². The fourth-order valence-electron chi connectivity index (χ4n) is 2.50. The second kappa shape index (κ2) is 11.6. The molecule has 0 spiro atoms. The van der Waals surface area contributed by atoms with Gasteiger partial charge in [-0.2, -0.15) is 5.10 Å². The molecule has 2 rings (SSSR count). The van der Waals surface area contributed by atoms with Crippen molar-refractivity contribution in [1.29, 1.82) is 0 Å². The molecule has 0 aliphatic rings. The van der Waals surface area contributed by atoms with Crippen LogP contribution >= 0.6 is 0 Å². The summed E-state index contributed by atoms with van der Waals surface area (Å²) in [6.07, 6.45) is 0.0827. The third kappa shape index (κ3) is 10.8. The summed E-state index contributed by atoms with van der Waals surface area (Å²) in [7, 11) is -8.77. The predicted octanol–water partition coefficient (Wildman–Crippen LogP) is 2.85. The minimum atomic E-state index is -4.39. The zero-order valence-electron chi connectivity index (χ0n) is 16.6. The van der Waals surface area contributed by atoms with Gasteiger partial charge in [0.15, 0.2) is 5.84 Å². The van der Waals surface area contributed by atoms with E-state index >= 15 is 0 Å². The first-order chi connectivity index (χ1) is 14.6. The van der Waals surface area contributed by atoms with Crippen LogP contribution in [0.5, 0.6) is 0 Å². The first kappa shape index (κ1) is 24.6. The van der Waals surface area contributed by atoms with Crippen molar-refractivity contribution in [3.63, 3.8) is 0 Å². The molecule has 0 unspecified atom stereocenters. The number of anilines is 1. The lowest BCUT2D eigenvalue weighted by Crippen LogP contribution is -2.22. The Balaban J connectivity index is 2.28. The third-order valence-electron chi connectivity index (χ3n) is 3.89. The van der Waals surface area contributed by atoms with Gasteiger partial charge in [0.25, 0.3) is 0 Å². The second-order valence-corrected chi connectivity index (χ2v) is 9.54. The van der Waals surface area contributed by atoms with Gasteiger partial charge in [-0.15, -0.1) is 10.2 Å². The van der Waals surface area contributed by atoms with E-state index in [1.165, 1.54) is 5.01 Å². The van der Waals surface area contributed by atoms with Crippen molar-refractivity contribution in [1.82, 2.24) is 0 Å². The predicted molar refractivity (Wildman–Crippen MR) is 115 cm³/mol. The lowest BCUT2D eigenvalue weighted by molar-refractivity contribution is 0.459. The smallest absolute Gasteiger partial charge is 0.171 e. The van der Waals surface area contributed by atoms with Crippen LogP contribution in [0.15, 0.2) is 76.0 Å². The number of nitrogens with zero attached hydrogens (tertiary/aromatic N) is 4. The molecular formula is C19H22N4O6S2-2. The topological polar surface area (TPSA) is 155 Å². The zero-order chi connectivity index (χ0) is 22.7. The van der Waals surface area contributed by atoms with Crippen molar-refractivity contribution >= 4 is 37.4 Å². The number of hydrogen-bond donors (Lipinski definition) is 0. The maximum absolute atomic E-state index is 10.9. The molecule has 0 radical (unpaired) electrons. The van der Waals surface area contributed by atoms with Crippen LogP contribution in [0.25, 0.3) is 0 Å². The number of hydrogen-bond acceptors (Lipinski definition) is 9. The molecule has 0 aliphatic carbocycles. The fourth-order valence-corrected chi connectivity index (χ4v) is 3.49. The minimum absolute atomic E-state index is 0.00392. The summed E-state index contributed by atoms with van der Waals surface area (Å²) in [6.45, 7) is 0.107. The molecular weight excluding hydrogens is 444 g/mol. The normalized spacial score (nSPS) is 12.9. The maximum Gasteiger partial charge on any atom is 0.171 e. The molecule has 2 aromatic carbocycles. The number of rotatable bonds is 11. The van der Waals surface area contributed by atoms with Crippen molar-refractivity contribution in [2.24, 2.45) is 15.3 Å². The summed E-state index contributed by atoms with van der Waals surface area (Å²) in [4.78, 5) is 0. The lowest BCUT2D eigenvalue weighted by Gasteiger charge is -2.20. The molecule has 12 heteroatoms. The van der Waals surface area contributed by atoms with E-state index in [9.17, 15) is 25.9 Å². The van der Waals surface area contributed by atoms with Gasteiger partial charge in [-0.05, 0) is 37.1 Å². The Morgan fingerprint density at radius 2 is 1.35 bits per heavy atom. The number of amidine groups is 1. The number of hydrazone groups is 1. The molecule has 0 saturated heterocycles. The van der Waals surface area contributed by atoms with E-state index in [-0.39, 0.29) is 31.6 Å². The Kier molecular flexibility index (Phi) is 9.24. The fraction of sp³-hybridized carbons (Fsp3) is 0.316. The minimum Gasteiger partial charge on any atom is -0.748 e. The van der Waals surface area contributed by atoms with Crippen molar-refractivity contribution in [3.05, 3.63) is 60.7 Å². The van der Waals surface area contributed by atoms with Crippen LogP contribution in [0, 0.1) is 0 Å². The van der Waals surface area contributed by atoms with E-state index in [4.69, 9.17) is 0 Å². The summed E-state index contributed by atoms with van der Waals surface area (Å²) < 4.78 is 65.6. The molecule has 0 bridgehead atoms. The monoisotopic (exact) mass is 466 g/mol. The van der Waals surface area contributed by atoms with Gasteiger partial charge in [-0.25, -0.2) is 16.8 Å². The summed E-state index contributed by atoms with van der Waals surface area (Å²) in [5, 5.41) is 14.0. The van der Waals surface area contributed by atoms with Gasteiger partial charge in [-0.1, -0.05) is 36.4 Å². The standard InChI is InChI=1S/C19H24N4O6S2/c24-30(25,26)15-7-13-19(21-20-17-9-3-1-4-10-17)22-23(14-8-16-31(27,28)29)18-11-5-2-6-12-18/h1-6,9-12H,7-8,13-16H2,(H,24,25,26)(H,27,28,29)/p-2. The lowest BCUT2D eigenvalue weighted by atomic mass is 10.3. The molecule has 0 saturated carbocycles. The van der Waals surface area contributed by atoms with E-state index in [2.05, 4.69) is 15.3 Å². The summed E-state index contributed by atoms with van der Waals surface area (Å²) >= 11 is 0. The van der Waals surface area contributed by atoms with Crippen molar-refractivity contribution in [2.45, 2.75) is 19.3 Å². The van der Waals surface area contributed by atoms with Crippen molar-refractivity contribution < 1.29 is 25.9 Å². The van der Waals surface area contributed by atoms with Crippen LogP contribution in [0.4, 0.5) is 11.4 Å². The highest BCUT2D eigenvalue weighted by Gasteiger charge is 2.10. The average Bonchev–Trinajstić information content (AvgIpc) is 2.70. The summed E-state index contributed by atoms with van der Waals surface area (Å²) in [5.74, 6) is -0.977. The van der Waals surface area contributed by atoms with E-state index < -0.39 is 31.7 Å². The SMILES string of the molecule is O=S(=O)([O-])CCCC(N=Nc1ccccc1)=NN(CCCS(=O)(=O)[O-])c1ccccc1. The number of benzene rings is 2.